The summed E-state index contributed by atoms with van der Waals surface area (Å²) in [6, 6.07) is 0. The van der Waals surface area contributed by atoms with Crippen molar-refractivity contribution in [3.05, 3.63) is 16.9 Å². The largest absolute Gasteiger partial charge is 0.294 e. The summed E-state index contributed by atoms with van der Waals surface area (Å²) in [6.07, 6.45) is 10.6. The first-order valence-corrected chi connectivity index (χ1v) is 8.21. The maximum absolute atomic E-state index is 12.7. The van der Waals surface area contributed by atoms with Gasteiger partial charge in [0.25, 0.3) is 0 Å². The second-order valence-electron chi connectivity index (χ2n) is 6.88. The Bertz CT molecular complexity index is 507. The van der Waals surface area contributed by atoms with Crippen LogP contribution >= 0.6 is 15.9 Å². The van der Waals surface area contributed by atoms with Crippen molar-refractivity contribution < 1.29 is 4.79 Å². The lowest BCUT2D eigenvalue weighted by Gasteiger charge is -2.55. The number of halogens is 1. The van der Waals surface area contributed by atoms with Crippen LogP contribution in [0.5, 0.6) is 0 Å². The van der Waals surface area contributed by atoms with E-state index >= 15 is 0 Å². The van der Waals surface area contributed by atoms with E-state index in [4.69, 9.17) is 0 Å². The van der Waals surface area contributed by atoms with Crippen molar-refractivity contribution in [2.45, 2.75) is 38.5 Å². The Labute approximate surface area is 126 Å². The Morgan fingerprint density at radius 2 is 1.60 bits per heavy atom. The van der Waals surface area contributed by atoms with Gasteiger partial charge in [-0.3, -0.25) is 10.1 Å². The van der Waals surface area contributed by atoms with Crippen molar-refractivity contribution in [3.63, 3.8) is 0 Å². The van der Waals surface area contributed by atoms with Gasteiger partial charge in [0.15, 0.2) is 0 Å². The highest BCUT2D eigenvalue weighted by molar-refractivity contribution is 9.10. The van der Waals surface area contributed by atoms with E-state index in [1.807, 2.05) is 0 Å². The van der Waals surface area contributed by atoms with Crippen LogP contribution in [0, 0.1) is 23.2 Å². The number of rotatable bonds is 2. The molecule has 1 aromatic heterocycles. The zero-order chi connectivity index (χ0) is 13.7. The smallest absolute Gasteiger partial charge is 0.232 e. The van der Waals surface area contributed by atoms with Crippen molar-refractivity contribution in [2.24, 2.45) is 23.2 Å². The lowest BCUT2D eigenvalue weighted by molar-refractivity contribution is -0.140. The number of aromatic nitrogens is 2. The van der Waals surface area contributed by atoms with Gasteiger partial charge in [0.1, 0.15) is 0 Å². The molecule has 4 aliphatic rings. The maximum atomic E-state index is 12.7. The summed E-state index contributed by atoms with van der Waals surface area (Å²) >= 11 is 3.31. The average molecular weight is 336 g/mol. The summed E-state index contributed by atoms with van der Waals surface area (Å²) in [7, 11) is 0. The molecule has 4 fully saturated rings. The zero-order valence-electron chi connectivity index (χ0n) is 11.3. The zero-order valence-corrected chi connectivity index (χ0v) is 12.9. The molecule has 0 atom stereocenters. The molecular weight excluding hydrogens is 318 g/mol. The third kappa shape index (κ3) is 2.07. The molecule has 1 aromatic rings. The summed E-state index contributed by atoms with van der Waals surface area (Å²) in [4.78, 5) is 21.1. The molecule has 4 aliphatic carbocycles. The highest BCUT2D eigenvalue weighted by Gasteiger charge is 2.54. The predicted molar refractivity (Wildman–Crippen MR) is 79.0 cm³/mol. The summed E-state index contributed by atoms with van der Waals surface area (Å²) in [6.45, 7) is 0. The summed E-state index contributed by atoms with van der Waals surface area (Å²) in [5.74, 6) is 2.90. The highest BCUT2D eigenvalue weighted by atomic mass is 79.9. The minimum absolute atomic E-state index is 0.134. The molecule has 20 heavy (non-hydrogen) atoms. The minimum atomic E-state index is -0.134. The molecule has 1 N–H and O–H groups in total. The first-order chi connectivity index (χ1) is 9.63. The lowest BCUT2D eigenvalue weighted by atomic mass is 9.49. The highest BCUT2D eigenvalue weighted by Crippen LogP contribution is 2.60. The van der Waals surface area contributed by atoms with Crippen LogP contribution in [0.1, 0.15) is 38.5 Å². The number of hydrogen-bond acceptors (Lipinski definition) is 3. The molecule has 0 unspecified atom stereocenters. The summed E-state index contributed by atoms with van der Waals surface area (Å²) < 4.78 is 0.824. The second kappa shape index (κ2) is 4.52. The molecule has 0 radical (unpaired) electrons. The molecule has 106 valence electrons. The molecule has 0 aliphatic heterocycles. The van der Waals surface area contributed by atoms with E-state index in [9.17, 15) is 4.79 Å². The van der Waals surface area contributed by atoms with Crippen molar-refractivity contribution in [3.8, 4) is 0 Å². The Morgan fingerprint density at radius 1 is 1.10 bits per heavy atom. The Hall–Kier alpha value is -0.970. The van der Waals surface area contributed by atoms with Gasteiger partial charge in [0.05, 0.1) is 9.89 Å². The molecule has 5 heteroatoms. The summed E-state index contributed by atoms with van der Waals surface area (Å²) in [5, 5.41) is 2.94. The number of nitrogens with zero attached hydrogens (tertiary/aromatic N) is 2. The fraction of sp³-hybridized carbons (Fsp3) is 0.667. The van der Waals surface area contributed by atoms with Crippen LogP contribution in [0.15, 0.2) is 16.9 Å². The van der Waals surface area contributed by atoms with Gasteiger partial charge < -0.3 is 0 Å². The van der Waals surface area contributed by atoms with Crippen molar-refractivity contribution in [1.29, 1.82) is 0 Å². The molecule has 0 aromatic carbocycles. The van der Waals surface area contributed by atoms with Gasteiger partial charge in [-0.1, -0.05) is 0 Å². The first-order valence-electron chi connectivity index (χ1n) is 7.42. The number of anilines is 1. The van der Waals surface area contributed by atoms with Gasteiger partial charge in [-0.2, -0.15) is 0 Å². The number of carbonyl (C=O) groups is 1. The normalized spacial score (nSPS) is 38.0. The van der Waals surface area contributed by atoms with E-state index < -0.39 is 0 Å². The quantitative estimate of drug-likeness (QED) is 0.901. The van der Waals surface area contributed by atoms with Crippen LogP contribution < -0.4 is 5.32 Å². The second-order valence-corrected chi connectivity index (χ2v) is 7.79. The first kappa shape index (κ1) is 12.7. The lowest BCUT2D eigenvalue weighted by Crippen LogP contribution is -2.51. The number of amides is 1. The molecule has 4 nitrogen and oxygen atoms in total. The summed E-state index contributed by atoms with van der Waals surface area (Å²) in [5.41, 5.74) is -0.134. The SMILES string of the molecule is O=C(Nc1ncc(Br)cn1)C12CC3CC(CC(C3)C1)C2. The molecule has 4 bridgehead atoms. The number of hydrogen-bond donors (Lipinski definition) is 1. The third-order valence-corrected chi connectivity index (χ3v) is 5.78. The van der Waals surface area contributed by atoms with E-state index in [1.54, 1.807) is 12.4 Å². The van der Waals surface area contributed by atoms with E-state index in [1.165, 1.54) is 19.3 Å². The van der Waals surface area contributed by atoms with Crippen molar-refractivity contribution >= 4 is 27.8 Å². The standard InChI is InChI=1S/C15H18BrN3O/c16-12-7-17-14(18-8-12)19-13(20)15-4-9-1-10(5-15)3-11(2-9)6-15/h7-11H,1-6H2,(H,17,18,19,20). The molecule has 4 saturated carbocycles. The van der Waals surface area contributed by atoms with Crippen LogP contribution in [0.25, 0.3) is 0 Å². The molecular formula is C15H18BrN3O. The van der Waals surface area contributed by atoms with Gasteiger partial charge >= 0.3 is 0 Å². The number of carbonyl (C=O) groups excluding carboxylic acids is 1. The fourth-order valence-corrected chi connectivity index (χ4v) is 5.20. The molecule has 1 heterocycles. The Morgan fingerprint density at radius 3 is 2.10 bits per heavy atom. The predicted octanol–water partition coefficient (Wildman–Crippen LogP) is 3.39. The van der Waals surface area contributed by atoms with E-state index in [0.29, 0.717) is 5.95 Å². The molecule has 5 rings (SSSR count). The van der Waals surface area contributed by atoms with Gasteiger partial charge in [-0.25, -0.2) is 9.97 Å². The van der Waals surface area contributed by atoms with Crippen LogP contribution in [0.2, 0.25) is 0 Å². The van der Waals surface area contributed by atoms with Crippen molar-refractivity contribution in [2.75, 3.05) is 5.32 Å². The van der Waals surface area contributed by atoms with Gasteiger partial charge in [0.2, 0.25) is 11.9 Å². The monoisotopic (exact) mass is 335 g/mol. The van der Waals surface area contributed by atoms with E-state index in [2.05, 4.69) is 31.2 Å². The van der Waals surface area contributed by atoms with E-state index in [0.717, 1.165) is 41.5 Å². The van der Waals surface area contributed by atoms with Crippen molar-refractivity contribution in [1.82, 2.24) is 9.97 Å². The third-order valence-electron chi connectivity index (χ3n) is 5.37. The van der Waals surface area contributed by atoms with Crippen LogP contribution in [-0.4, -0.2) is 15.9 Å². The fourth-order valence-electron chi connectivity index (χ4n) is 5.00. The van der Waals surface area contributed by atoms with E-state index in [-0.39, 0.29) is 11.3 Å². The Balaban J connectivity index is 1.54. The van der Waals surface area contributed by atoms with Crippen LogP contribution in [0.4, 0.5) is 5.95 Å². The molecule has 1 amide bonds. The maximum Gasteiger partial charge on any atom is 0.232 e. The van der Waals surface area contributed by atoms with Gasteiger partial charge in [-0.05, 0) is 72.2 Å². The minimum Gasteiger partial charge on any atom is -0.294 e. The Kier molecular flexibility index (Phi) is 2.88. The van der Waals surface area contributed by atoms with Crippen LogP contribution in [-0.2, 0) is 4.79 Å². The van der Waals surface area contributed by atoms with Gasteiger partial charge in [0, 0.05) is 12.4 Å². The van der Waals surface area contributed by atoms with Crippen LogP contribution in [0.3, 0.4) is 0 Å². The number of nitrogens with one attached hydrogen (secondary N) is 1. The molecule has 0 saturated heterocycles. The van der Waals surface area contributed by atoms with Gasteiger partial charge in [-0.15, -0.1) is 0 Å². The molecule has 0 spiro atoms. The average Bonchev–Trinajstić information content (AvgIpc) is 2.40. The topological polar surface area (TPSA) is 54.9 Å².